The molecule has 0 fully saturated rings. The summed E-state index contributed by atoms with van der Waals surface area (Å²) in [6.45, 7) is 0. The second kappa shape index (κ2) is 7.34. The number of benzene rings is 2. The molecule has 1 unspecified atom stereocenters. The van der Waals surface area contributed by atoms with Crippen LogP contribution < -0.4 is 4.74 Å². The second-order valence-corrected chi connectivity index (χ2v) is 8.57. The van der Waals surface area contributed by atoms with Gasteiger partial charge in [-0.2, -0.15) is 17.6 Å². The lowest BCUT2D eigenvalue weighted by atomic mass is 10.1. The van der Waals surface area contributed by atoms with E-state index in [9.17, 15) is 40.1 Å². The molecule has 3 N–H and O–H groups in total. The van der Waals surface area contributed by atoms with E-state index in [-0.39, 0.29) is 10.1 Å². The quantitative estimate of drug-likeness (QED) is 0.112. The first-order chi connectivity index (χ1) is 13.8. The summed E-state index contributed by atoms with van der Waals surface area (Å²) >= 11 is 0.570. The van der Waals surface area contributed by atoms with Gasteiger partial charge in [0.05, 0.1) is 0 Å². The van der Waals surface area contributed by atoms with Crippen molar-refractivity contribution in [2.45, 2.75) is 5.66 Å². The number of carbonyl (C=O) groups excluding carboxylic acids is 1. The van der Waals surface area contributed by atoms with Gasteiger partial charge in [-0.1, -0.05) is 6.07 Å². The molecular weight excluding hydrogens is 468 g/mol. The van der Waals surface area contributed by atoms with E-state index in [0.717, 1.165) is 18.2 Å². The van der Waals surface area contributed by atoms with E-state index in [4.69, 9.17) is 9.79 Å². The van der Waals surface area contributed by atoms with Crippen molar-refractivity contribution in [3.05, 3.63) is 63.8 Å². The Morgan fingerprint density at radius 3 is 2.07 bits per heavy atom. The molecule has 0 radical (unpaired) electrons. The van der Waals surface area contributed by atoms with Gasteiger partial charge in [0.2, 0.25) is 34.8 Å². The maximum absolute atomic E-state index is 13.9. The molecule has 1 aromatic heterocycles. The standard InChI is InChI=1S/C16H6F7O5PS/c17-9-10(18)12(20)14(13(21)11(9)19)28-15(24)8-4-5-3-6(1-2-7(5)30-8)16(22,23)29(25,26)27/h1-4H,(H2,25,26,27)/p+1. The van der Waals surface area contributed by atoms with Gasteiger partial charge >= 0.3 is 19.2 Å². The lowest BCUT2D eigenvalue weighted by Crippen LogP contribution is -2.13. The number of alkyl halides is 2. The largest absolute Gasteiger partial charge is 0.544 e. The lowest BCUT2D eigenvalue weighted by molar-refractivity contribution is 0.0566. The fourth-order valence-corrected chi connectivity index (χ4v) is 3.73. The molecule has 1 atom stereocenters. The number of carbonyl (C=O) groups is 1. The van der Waals surface area contributed by atoms with E-state index < -0.39 is 64.5 Å². The van der Waals surface area contributed by atoms with Crippen molar-refractivity contribution in [1.82, 2.24) is 0 Å². The lowest BCUT2D eigenvalue weighted by Gasteiger charge is -2.13. The third kappa shape index (κ3) is 3.58. The predicted molar refractivity (Wildman–Crippen MR) is 90.3 cm³/mol. The topological polar surface area (TPSA) is 86.5 Å². The zero-order valence-electron chi connectivity index (χ0n) is 14.0. The molecule has 0 aliphatic carbocycles. The van der Waals surface area contributed by atoms with Crippen LogP contribution in [0.5, 0.6) is 5.75 Å². The Labute approximate surface area is 165 Å². The minimum Gasteiger partial charge on any atom is -0.416 e. The Bertz CT molecular complexity index is 1210. The number of thiophene rings is 1. The van der Waals surface area contributed by atoms with Crippen molar-refractivity contribution in [3.8, 4) is 5.75 Å². The van der Waals surface area contributed by atoms with Crippen molar-refractivity contribution in [3.63, 3.8) is 0 Å². The summed E-state index contributed by atoms with van der Waals surface area (Å²) in [6.07, 6.45) is 0. The highest BCUT2D eigenvalue weighted by atomic mass is 32.1. The van der Waals surface area contributed by atoms with Gasteiger partial charge < -0.3 is 9.63 Å². The maximum Gasteiger partial charge on any atom is 0.544 e. The third-order valence-electron chi connectivity index (χ3n) is 3.81. The Kier molecular flexibility index (Phi) is 5.44. The van der Waals surface area contributed by atoms with Crippen molar-refractivity contribution < 1.29 is 54.6 Å². The molecule has 160 valence electrons. The van der Waals surface area contributed by atoms with Crippen LogP contribution in [0.3, 0.4) is 0 Å². The molecule has 0 bridgehead atoms. The normalized spacial score (nSPS) is 14.0. The summed E-state index contributed by atoms with van der Waals surface area (Å²) in [5.41, 5.74) is -5.42. The molecule has 0 saturated heterocycles. The maximum atomic E-state index is 13.9. The minimum atomic E-state index is -5.61. The Balaban J connectivity index is 1.99. The Hall–Kier alpha value is -2.47. The van der Waals surface area contributed by atoms with E-state index in [2.05, 4.69) is 4.74 Å². The van der Waals surface area contributed by atoms with Crippen LogP contribution in [0.4, 0.5) is 30.7 Å². The van der Waals surface area contributed by atoms with E-state index in [1.807, 2.05) is 0 Å². The van der Waals surface area contributed by atoms with Crippen LogP contribution in [0.2, 0.25) is 0 Å². The summed E-state index contributed by atoms with van der Waals surface area (Å²) < 4.78 is 110. The Morgan fingerprint density at radius 1 is 1.00 bits per heavy atom. The zero-order chi connectivity index (χ0) is 22.6. The van der Waals surface area contributed by atoms with Crippen LogP contribution in [0, 0.1) is 29.1 Å². The minimum absolute atomic E-state index is 0.0880. The molecule has 0 aliphatic rings. The van der Waals surface area contributed by atoms with Crippen LogP contribution in [-0.4, -0.2) is 15.8 Å². The molecule has 2 aromatic carbocycles. The number of ether oxygens (including phenoxy) is 1. The Morgan fingerprint density at radius 2 is 1.53 bits per heavy atom. The third-order valence-corrected chi connectivity index (χ3v) is 5.93. The highest BCUT2D eigenvalue weighted by molar-refractivity contribution is 7.52. The van der Waals surface area contributed by atoms with Crippen molar-refractivity contribution >= 4 is 35.0 Å². The van der Waals surface area contributed by atoms with E-state index >= 15 is 0 Å². The molecule has 30 heavy (non-hydrogen) atoms. The number of hydrogen-bond donors (Lipinski definition) is 1. The van der Waals surface area contributed by atoms with Crippen LogP contribution in [0.1, 0.15) is 15.2 Å². The highest BCUT2D eigenvalue weighted by Gasteiger charge is 2.56. The van der Waals surface area contributed by atoms with Gasteiger partial charge in [0, 0.05) is 10.3 Å². The van der Waals surface area contributed by atoms with E-state index in [1.54, 1.807) is 0 Å². The van der Waals surface area contributed by atoms with Crippen molar-refractivity contribution in [1.29, 1.82) is 0 Å². The van der Waals surface area contributed by atoms with Crippen molar-refractivity contribution in [2.75, 3.05) is 0 Å². The number of esters is 1. The summed E-state index contributed by atoms with van der Waals surface area (Å²) in [6, 6.07) is 3.36. The molecule has 1 heterocycles. The first kappa shape index (κ1) is 22.2. The molecule has 0 spiro atoms. The fourth-order valence-electron chi connectivity index (χ4n) is 2.32. The molecule has 0 aliphatic heterocycles. The summed E-state index contributed by atoms with van der Waals surface area (Å²) in [4.78, 5) is 27.2. The van der Waals surface area contributed by atoms with Gasteiger partial charge in [-0.3, -0.25) is 4.89 Å². The molecule has 3 rings (SSSR count). The van der Waals surface area contributed by atoms with E-state index in [1.165, 1.54) is 0 Å². The van der Waals surface area contributed by atoms with Gasteiger partial charge in [0.1, 0.15) is 4.88 Å². The number of halogens is 7. The van der Waals surface area contributed by atoms with Crippen LogP contribution in [-0.2, 0) is 10.2 Å². The van der Waals surface area contributed by atoms with Gasteiger partial charge in [-0.05, 0) is 23.6 Å². The molecule has 3 aromatic rings. The SMILES string of the molecule is O=C(Oc1c(F)c(F)c(F)c(F)c1F)c1cc2cc(C(F)(F)P(=O)(O)[OH2+])ccc2s1. The summed E-state index contributed by atoms with van der Waals surface area (Å²) in [5.74, 6) is -15.2. The molecule has 5 nitrogen and oxygen atoms in total. The number of rotatable bonds is 4. The van der Waals surface area contributed by atoms with Crippen LogP contribution >= 0.6 is 18.9 Å². The first-order valence-electron chi connectivity index (χ1n) is 7.49. The van der Waals surface area contributed by atoms with Gasteiger partial charge in [-0.25, -0.2) is 22.5 Å². The average Bonchev–Trinajstić information content (AvgIpc) is 3.10. The highest BCUT2D eigenvalue weighted by Crippen LogP contribution is 2.59. The summed E-state index contributed by atoms with van der Waals surface area (Å²) in [7, 11) is -5.61. The molecule has 0 amide bonds. The summed E-state index contributed by atoms with van der Waals surface area (Å²) in [5, 5.41) is -0.0880. The van der Waals surface area contributed by atoms with Gasteiger partial charge in [-0.15, -0.1) is 11.3 Å². The van der Waals surface area contributed by atoms with E-state index in [0.29, 0.717) is 17.4 Å². The number of hydrogen-bond acceptors (Lipinski definition) is 4. The molecular formula is C16H7F7O5PS+. The average molecular weight is 475 g/mol. The zero-order valence-corrected chi connectivity index (χ0v) is 15.7. The monoisotopic (exact) mass is 475 g/mol. The van der Waals surface area contributed by atoms with Crippen molar-refractivity contribution in [2.24, 2.45) is 0 Å². The first-order valence-corrected chi connectivity index (χ1v) is 9.96. The van der Waals surface area contributed by atoms with Crippen LogP contribution in [0.15, 0.2) is 24.3 Å². The smallest absolute Gasteiger partial charge is 0.416 e. The van der Waals surface area contributed by atoms with Crippen LogP contribution in [0.25, 0.3) is 10.1 Å². The van der Waals surface area contributed by atoms with Gasteiger partial charge in [0.25, 0.3) is 0 Å². The number of fused-ring (bicyclic) bond motifs is 1. The molecule has 0 saturated carbocycles. The second-order valence-electron chi connectivity index (χ2n) is 5.77. The molecule has 14 heteroatoms. The fraction of sp³-hybridized carbons (Fsp3) is 0.0625. The van der Waals surface area contributed by atoms with Gasteiger partial charge in [0.15, 0.2) is 0 Å². The predicted octanol–water partition coefficient (Wildman–Crippen LogP) is 4.78.